The molecule has 0 unspecified atom stereocenters. The summed E-state index contributed by atoms with van der Waals surface area (Å²) in [6, 6.07) is 7.54. The summed E-state index contributed by atoms with van der Waals surface area (Å²) in [4.78, 5) is 13.3. The van der Waals surface area contributed by atoms with Gasteiger partial charge in [0.15, 0.2) is 0 Å². The van der Waals surface area contributed by atoms with Crippen molar-refractivity contribution >= 4 is 11.6 Å². The van der Waals surface area contributed by atoms with Crippen LogP contribution in [0.4, 0.5) is 10.1 Å². The zero-order valence-corrected chi connectivity index (χ0v) is 9.61. The Morgan fingerprint density at radius 2 is 2.12 bits per heavy atom. The molecule has 0 spiro atoms. The Morgan fingerprint density at radius 3 is 2.65 bits per heavy atom. The number of anilines is 1. The summed E-state index contributed by atoms with van der Waals surface area (Å²) < 4.78 is 12.6. The van der Waals surface area contributed by atoms with E-state index in [1.165, 1.54) is 24.3 Å². The first-order valence-electron chi connectivity index (χ1n) is 5.30. The van der Waals surface area contributed by atoms with Crippen LogP contribution in [0.3, 0.4) is 0 Å². The Hall–Kier alpha value is -1.93. The van der Waals surface area contributed by atoms with Crippen LogP contribution in [0.2, 0.25) is 0 Å². The molecule has 0 aliphatic heterocycles. The second-order valence-electron chi connectivity index (χ2n) is 3.52. The summed E-state index contributed by atoms with van der Waals surface area (Å²) in [6.45, 7) is 2.88. The predicted molar refractivity (Wildman–Crippen MR) is 62.8 cm³/mol. The van der Waals surface area contributed by atoms with E-state index in [0.717, 1.165) is 0 Å². The highest BCUT2D eigenvalue weighted by molar-refractivity contribution is 5.92. The Morgan fingerprint density at radius 1 is 1.47 bits per heavy atom. The van der Waals surface area contributed by atoms with E-state index in [0.29, 0.717) is 12.2 Å². The zero-order valence-electron chi connectivity index (χ0n) is 9.61. The normalized spacial score (nSPS) is 10.0. The number of amides is 1. The monoisotopic (exact) mass is 235 g/mol. The maximum atomic E-state index is 12.6. The number of likely N-dealkylation sites (N-methyl/N-ethyl adjacent to an activating group) is 1. The molecule has 4 nitrogen and oxygen atoms in total. The van der Waals surface area contributed by atoms with Crippen LogP contribution in [-0.2, 0) is 4.79 Å². The molecular weight excluding hydrogens is 221 g/mol. The Bertz CT molecular complexity index is 411. The lowest BCUT2D eigenvalue weighted by Gasteiger charge is -2.15. The van der Waals surface area contributed by atoms with Crippen molar-refractivity contribution < 1.29 is 9.18 Å². The molecule has 1 N–H and O–H groups in total. The molecule has 0 atom stereocenters. The Labute approximate surface area is 99.7 Å². The second-order valence-corrected chi connectivity index (χ2v) is 3.52. The lowest BCUT2D eigenvalue weighted by Crippen LogP contribution is -2.33. The van der Waals surface area contributed by atoms with Crippen molar-refractivity contribution in [2.75, 3.05) is 25.0 Å². The first kappa shape index (κ1) is 13.1. The topological polar surface area (TPSA) is 56.1 Å². The fourth-order valence-electron chi connectivity index (χ4n) is 1.32. The van der Waals surface area contributed by atoms with Gasteiger partial charge in [-0.05, 0) is 30.8 Å². The average molecular weight is 235 g/mol. The number of carbonyl (C=O) groups is 1. The molecule has 0 aliphatic rings. The molecule has 1 rings (SSSR count). The van der Waals surface area contributed by atoms with Crippen molar-refractivity contribution in [1.82, 2.24) is 4.90 Å². The van der Waals surface area contributed by atoms with Crippen LogP contribution in [0.5, 0.6) is 0 Å². The lowest BCUT2D eigenvalue weighted by molar-refractivity contribution is -0.117. The molecule has 0 heterocycles. The van der Waals surface area contributed by atoms with Gasteiger partial charge in [0.05, 0.1) is 19.2 Å². The van der Waals surface area contributed by atoms with Gasteiger partial charge in [-0.15, -0.1) is 0 Å². The van der Waals surface area contributed by atoms with E-state index in [-0.39, 0.29) is 24.8 Å². The fourth-order valence-corrected chi connectivity index (χ4v) is 1.32. The fraction of sp³-hybridized carbons (Fsp3) is 0.333. The summed E-state index contributed by atoms with van der Waals surface area (Å²) in [5.74, 6) is -0.559. The maximum absolute atomic E-state index is 12.6. The summed E-state index contributed by atoms with van der Waals surface area (Å²) in [5, 5.41) is 11.2. The van der Waals surface area contributed by atoms with Gasteiger partial charge in [-0.3, -0.25) is 9.69 Å². The standard InChI is InChI=1S/C12H14FN3O/c1-2-16(8-7-14)9-12(17)15-11-5-3-10(13)4-6-11/h3-6H,2,8-9H2,1H3,(H,15,17). The molecule has 90 valence electrons. The highest BCUT2D eigenvalue weighted by Gasteiger charge is 2.08. The third-order valence-corrected chi connectivity index (χ3v) is 2.24. The number of halogens is 1. The predicted octanol–water partition coefficient (Wildman–Crippen LogP) is 1.61. The van der Waals surface area contributed by atoms with Crippen LogP contribution in [-0.4, -0.2) is 30.4 Å². The summed E-state index contributed by atoms with van der Waals surface area (Å²) in [5.41, 5.74) is 0.546. The average Bonchev–Trinajstić information content (AvgIpc) is 2.31. The highest BCUT2D eigenvalue weighted by atomic mass is 19.1. The first-order chi connectivity index (χ1) is 8.15. The van der Waals surface area contributed by atoms with Gasteiger partial charge in [-0.25, -0.2) is 4.39 Å². The number of benzene rings is 1. The van der Waals surface area contributed by atoms with Crippen LogP contribution in [0.25, 0.3) is 0 Å². The summed E-state index contributed by atoms with van der Waals surface area (Å²) in [7, 11) is 0. The van der Waals surface area contributed by atoms with Crippen molar-refractivity contribution in [2.24, 2.45) is 0 Å². The summed E-state index contributed by atoms with van der Waals surface area (Å²) >= 11 is 0. The molecule has 0 fully saturated rings. The van der Waals surface area contributed by atoms with Crippen LogP contribution in [0, 0.1) is 17.1 Å². The zero-order chi connectivity index (χ0) is 12.7. The first-order valence-corrected chi connectivity index (χ1v) is 5.30. The van der Waals surface area contributed by atoms with Crippen molar-refractivity contribution in [2.45, 2.75) is 6.92 Å². The maximum Gasteiger partial charge on any atom is 0.238 e. The highest BCUT2D eigenvalue weighted by Crippen LogP contribution is 2.07. The van der Waals surface area contributed by atoms with E-state index in [9.17, 15) is 9.18 Å². The molecule has 0 radical (unpaired) electrons. The minimum Gasteiger partial charge on any atom is -0.325 e. The van der Waals surface area contributed by atoms with Gasteiger partial charge in [0, 0.05) is 5.69 Å². The molecule has 5 heteroatoms. The number of nitrogens with one attached hydrogen (secondary N) is 1. The van der Waals surface area contributed by atoms with Gasteiger partial charge in [0.1, 0.15) is 5.82 Å². The lowest BCUT2D eigenvalue weighted by atomic mass is 10.3. The number of hydrogen-bond acceptors (Lipinski definition) is 3. The molecule has 0 aromatic heterocycles. The van der Waals surface area contributed by atoms with Gasteiger partial charge in [0.2, 0.25) is 5.91 Å². The van der Waals surface area contributed by atoms with Crippen LogP contribution in [0.1, 0.15) is 6.92 Å². The molecule has 0 bridgehead atoms. The molecule has 1 amide bonds. The van der Waals surface area contributed by atoms with Gasteiger partial charge >= 0.3 is 0 Å². The quantitative estimate of drug-likeness (QED) is 0.789. The van der Waals surface area contributed by atoms with Crippen molar-refractivity contribution in [1.29, 1.82) is 5.26 Å². The molecule has 0 saturated carbocycles. The van der Waals surface area contributed by atoms with Crippen molar-refractivity contribution in [3.63, 3.8) is 0 Å². The van der Waals surface area contributed by atoms with Crippen LogP contribution >= 0.6 is 0 Å². The number of carbonyl (C=O) groups excluding carboxylic acids is 1. The van der Waals surface area contributed by atoms with Crippen molar-refractivity contribution in [3.05, 3.63) is 30.1 Å². The van der Waals surface area contributed by atoms with E-state index >= 15 is 0 Å². The molecule has 1 aromatic carbocycles. The van der Waals surface area contributed by atoms with Crippen molar-refractivity contribution in [3.8, 4) is 6.07 Å². The molecule has 1 aromatic rings. The molecule has 0 saturated heterocycles. The van der Waals surface area contributed by atoms with Gasteiger partial charge in [0.25, 0.3) is 0 Å². The minimum atomic E-state index is -0.345. The molecular formula is C12H14FN3O. The smallest absolute Gasteiger partial charge is 0.238 e. The largest absolute Gasteiger partial charge is 0.325 e. The minimum absolute atomic E-state index is 0.154. The van der Waals surface area contributed by atoms with E-state index < -0.39 is 0 Å². The number of nitrogens with zero attached hydrogens (tertiary/aromatic N) is 2. The summed E-state index contributed by atoms with van der Waals surface area (Å²) in [6.07, 6.45) is 0. The Balaban J connectivity index is 2.49. The SMILES string of the molecule is CCN(CC#N)CC(=O)Nc1ccc(F)cc1. The third kappa shape index (κ3) is 4.62. The van der Waals surface area contributed by atoms with Crippen LogP contribution in [0.15, 0.2) is 24.3 Å². The van der Waals surface area contributed by atoms with E-state index in [1.807, 2.05) is 13.0 Å². The van der Waals surface area contributed by atoms with E-state index in [2.05, 4.69) is 5.32 Å². The number of nitriles is 1. The van der Waals surface area contributed by atoms with E-state index in [1.54, 1.807) is 4.90 Å². The van der Waals surface area contributed by atoms with Gasteiger partial charge in [-0.2, -0.15) is 5.26 Å². The van der Waals surface area contributed by atoms with E-state index in [4.69, 9.17) is 5.26 Å². The van der Waals surface area contributed by atoms with Gasteiger partial charge < -0.3 is 5.32 Å². The number of rotatable bonds is 5. The molecule has 0 aliphatic carbocycles. The Kier molecular flexibility index (Phi) is 5.11. The number of hydrogen-bond donors (Lipinski definition) is 1. The van der Waals surface area contributed by atoms with Gasteiger partial charge in [-0.1, -0.05) is 6.92 Å². The van der Waals surface area contributed by atoms with Crippen LogP contribution < -0.4 is 5.32 Å². The third-order valence-electron chi connectivity index (χ3n) is 2.24. The second kappa shape index (κ2) is 6.61. The molecule has 17 heavy (non-hydrogen) atoms.